The monoisotopic (exact) mass is 419 g/mol. The van der Waals surface area contributed by atoms with E-state index in [4.69, 9.17) is 4.42 Å². The molecule has 0 atom stereocenters. The van der Waals surface area contributed by atoms with Gasteiger partial charge in [0.2, 0.25) is 11.7 Å². The molecule has 4 rings (SSSR count). The maximum Gasteiger partial charge on any atom is 0.293 e. The van der Waals surface area contributed by atoms with Crippen molar-refractivity contribution < 1.29 is 14.0 Å². The molecule has 31 heavy (non-hydrogen) atoms. The SMILES string of the molecule is Cc1ccc(NC(=O)c2oc3ccccc3c2NC(=O)[C@H]2CC[C@H](N(C)C)CC2)cc1. The van der Waals surface area contributed by atoms with Crippen molar-refractivity contribution in [3.63, 3.8) is 0 Å². The zero-order valence-electron chi connectivity index (χ0n) is 18.3. The molecule has 6 heteroatoms. The van der Waals surface area contributed by atoms with Crippen LogP contribution in [-0.4, -0.2) is 36.9 Å². The third kappa shape index (κ3) is 4.64. The van der Waals surface area contributed by atoms with E-state index in [1.165, 1.54) is 0 Å². The van der Waals surface area contributed by atoms with Gasteiger partial charge in [0.1, 0.15) is 11.3 Å². The molecule has 0 bridgehead atoms. The Morgan fingerprint density at radius 3 is 2.29 bits per heavy atom. The fourth-order valence-corrected chi connectivity index (χ4v) is 4.23. The second-order valence-electron chi connectivity index (χ2n) is 8.58. The van der Waals surface area contributed by atoms with E-state index in [1.54, 1.807) is 6.07 Å². The van der Waals surface area contributed by atoms with E-state index in [2.05, 4.69) is 29.6 Å². The molecular formula is C25H29N3O3. The van der Waals surface area contributed by atoms with Crippen LogP contribution in [0.1, 0.15) is 41.8 Å². The summed E-state index contributed by atoms with van der Waals surface area (Å²) in [5, 5.41) is 6.61. The summed E-state index contributed by atoms with van der Waals surface area (Å²) in [5.74, 6) is -0.366. The second kappa shape index (κ2) is 8.94. The van der Waals surface area contributed by atoms with Gasteiger partial charge in [0.15, 0.2) is 0 Å². The number of carbonyl (C=O) groups is 2. The zero-order valence-corrected chi connectivity index (χ0v) is 18.3. The zero-order chi connectivity index (χ0) is 22.0. The van der Waals surface area contributed by atoms with Gasteiger partial charge in [-0.1, -0.05) is 29.8 Å². The van der Waals surface area contributed by atoms with Gasteiger partial charge in [-0.05, 0) is 71.0 Å². The van der Waals surface area contributed by atoms with Crippen molar-refractivity contribution in [1.82, 2.24) is 4.90 Å². The molecule has 2 amide bonds. The molecule has 2 aromatic carbocycles. The van der Waals surface area contributed by atoms with Crippen LogP contribution < -0.4 is 10.6 Å². The third-order valence-corrected chi connectivity index (χ3v) is 6.16. The van der Waals surface area contributed by atoms with Crippen LogP contribution in [0.2, 0.25) is 0 Å². The highest BCUT2D eigenvalue weighted by atomic mass is 16.3. The minimum atomic E-state index is -0.383. The van der Waals surface area contributed by atoms with E-state index in [1.807, 2.05) is 49.4 Å². The number of para-hydroxylation sites is 1. The van der Waals surface area contributed by atoms with Crippen LogP contribution in [0.4, 0.5) is 11.4 Å². The van der Waals surface area contributed by atoms with Gasteiger partial charge in [-0.2, -0.15) is 0 Å². The average Bonchev–Trinajstić information content (AvgIpc) is 3.14. The van der Waals surface area contributed by atoms with Crippen molar-refractivity contribution in [2.45, 2.75) is 38.6 Å². The number of anilines is 2. The predicted molar refractivity (Wildman–Crippen MR) is 123 cm³/mol. The lowest BCUT2D eigenvalue weighted by atomic mass is 9.85. The first-order valence-electron chi connectivity index (χ1n) is 10.8. The summed E-state index contributed by atoms with van der Waals surface area (Å²) < 4.78 is 5.86. The number of furan rings is 1. The van der Waals surface area contributed by atoms with Gasteiger partial charge in [0.05, 0.1) is 0 Å². The molecule has 6 nitrogen and oxygen atoms in total. The summed E-state index contributed by atoms with van der Waals surface area (Å²) in [6, 6.07) is 15.5. The summed E-state index contributed by atoms with van der Waals surface area (Å²) in [5.41, 5.74) is 2.80. The van der Waals surface area contributed by atoms with Crippen molar-refractivity contribution in [1.29, 1.82) is 0 Å². The molecule has 0 radical (unpaired) electrons. The smallest absolute Gasteiger partial charge is 0.293 e. The lowest BCUT2D eigenvalue weighted by Crippen LogP contribution is -2.35. The van der Waals surface area contributed by atoms with E-state index < -0.39 is 0 Å². The molecule has 0 unspecified atom stereocenters. The van der Waals surface area contributed by atoms with E-state index >= 15 is 0 Å². The summed E-state index contributed by atoms with van der Waals surface area (Å²) >= 11 is 0. The molecular weight excluding hydrogens is 390 g/mol. The minimum absolute atomic E-state index is 0.0480. The van der Waals surface area contributed by atoms with Crippen LogP contribution in [0, 0.1) is 12.8 Å². The van der Waals surface area contributed by atoms with Gasteiger partial charge in [-0.15, -0.1) is 0 Å². The van der Waals surface area contributed by atoms with E-state index in [9.17, 15) is 9.59 Å². The summed E-state index contributed by atoms with van der Waals surface area (Å²) in [7, 11) is 4.17. The van der Waals surface area contributed by atoms with Gasteiger partial charge >= 0.3 is 0 Å². The van der Waals surface area contributed by atoms with Crippen molar-refractivity contribution >= 4 is 34.2 Å². The molecule has 2 N–H and O–H groups in total. The minimum Gasteiger partial charge on any atom is -0.449 e. The first kappa shape index (κ1) is 21.1. The quantitative estimate of drug-likeness (QED) is 0.607. The standard InChI is InChI=1S/C25H29N3O3/c1-16-8-12-18(13-9-16)26-25(30)23-22(20-6-4-5-7-21(20)31-23)27-24(29)17-10-14-19(15-11-17)28(2)3/h4-9,12-13,17,19H,10-11,14-15H2,1-3H3,(H,26,30)(H,27,29)/t17-,19-. The average molecular weight is 420 g/mol. The summed E-state index contributed by atoms with van der Waals surface area (Å²) in [6.45, 7) is 1.99. The Morgan fingerprint density at radius 1 is 0.935 bits per heavy atom. The molecule has 0 aliphatic heterocycles. The highest BCUT2D eigenvalue weighted by Crippen LogP contribution is 2.34. The Hall–Kier alpha value is -3.12. The van der Waals surface area contributed by atoms with E-state index in [0.29, 0.717) is 23.0 Å². The van der Waals surface area contributed by atoms with Gasteiger partial charge in [-0.3, -0.25) is 9.59 Å². The highest BCUT2D eigenvalue weighted by molar-refractivity contribution is 6.14. The first-order valence-corrected chi connectivity index (χ1v) is 10.8. The molecule has 1 aliphatic rings. The van der Waals surface area contributed by atoms with Crippen LogP contribution >= 0.6 is 0 Å². The number of carbonyl (C=O) groups excluding carboxylic acids is 2. The van der Waals surface area contributed by atoms with Gasteiger partial charge in [0, 0.05) is 23.0 Å². The number of nitrogens with zero attached hydrogens (tertiary/aromatic N) is 1. The van der Waals surface area contributed by atoms with Crippen LogP contribution in [0.5, 0.6) is 0 Å². The van der Waals surface area contributed by atoms with Crippen molar-refractivity contribution in [3.8, 4) is 0 Å². The predicted octanol–water partition coefficient (Wildman–Crippen LogP) is 5.05. The number of benzene rings is 2. The highest BCUT2D eigenvalue weighted by Gasteiger charge is 2.29. The Bertz CT molecular complexity index is 1080. The number of aryl methyl sites for hydroxylation is 1. The molecule has 1 fully saturated rings. The van der Waals surface area contributed by atoms with Crippen molar-refractivity contribution in [2.75, 3.05) is 24.7 Å². The molecule has 3 aromatic rings. The number of hydrogen-bond donors (Lipinski definition) is 2. The van der Waals surface area contributed by atoms with Crippen molar-refractivity contribution in [2.24, 2.45) is 5.92 Å². The van der Waals surface area contributed by atoms with E-state index in [-0.39, 0.29) is 23.5 Å². The van der Waals surface area contributed by atoms with E-state index in [0.717, 1.165) is 36.6 Å². The molecule has 1 aromatic heterocycles. The maximum atomic E-state index is 13.1. The third-order valence-electron chi connectivity index (χ3n) is 6.16. The number of nitrogens with one attached hydrogen (secondary N) is 2. The number of hydrogen-bond acceptors (Lipinski definition) is 4. The molecule has 162 valence electrons. The van der Waals surface area contributed by atoms with Gasteiger partial charge < -0.3 is 20.0 Å². The van der Waals surface area contributed by atoms with Crippen LogP contribution in [-0.2, 0) is 4.79 Å². The van der Waals surface area contributed by atoms with Gasteiger partial charge in [0.25, 0.3) is 5.91 Å². The first-order chi connectivity index (χ1) is 14.9. The Labute approximate surface area is 182 Å². The van der Waals surface area contributed by atoms with Crippen LogP contribution in [0.3, 0.4) is 0 Å². The van der Waals surface area contributed by atoms with Crippen molar-refractivity contribution in [3.05, 3.63) is 59.9 Å². The summed E-state index contributed by atoms with van der Waals surface area (Å²) in [6.07, 6.45) is 3.68. The molecule has 0 saturated heterocycles. The topological polar surface area (TPSA) is 74.6 Å². The Balaban J connectivity index is 1.56. The number of fused-ring (bicyclic) bond motifs is 1. The lowest BCUT2D eigenvalue weighted by molar-refractivity contribution is -0.121. The number of amides is 2. The van der Waals surface area contributed by atoms with Crippen LogP contribution in [0.25, 0.3) is 11.0 Å². The Morgan fingerprint density at radius 2 is 1.61 bits per heavy atom. The lowest BCUT2D eigenvalue weighted by Gasteiger charge is -2.31. The summed E-state index contributed by atoms with van der Waals surface area (Å²) in [4.78, 5) is 28.3. The Kier molecular flexibility index (Phi) is 6.09. The van der Waals surface area contributed by atoms with Gasteiger partial charge in [-0.25, -0.2) is 0 Å². The molecule has 1 aliphatic carbocycles. The number of rotatable bonds is 5. The van der Waals surface area contributed by atoms with Crippen LogP contribution in [0.15, 0.2) is 52.9 Å². The maximum absolute atomic E-state index is 13.1. The second-order valence-corrected chi connectivity index (χ2v) is 8.58. The fourth-order valence-electron chi connectivity index (χ4n) is 4.23. The normalized spacial score (nSPS) is 18.8. The molecule has 0 spiro atoms. The largest absolute Gasteiger partial charge is 0.449 e. The fraction of sp³-hybridized carbons (Fsp3) is 0.360. The molecule has 1 saturated carbocycles. The molecule has 1 heterocycles.